The van der Waals surface area contributed by atoms with Crippen LogP contribution in [0.2, 0.25) is 5.02 Å². The van der Waals surface area contributed by atoms with Gasteiger partial charge >= 0.3 is 5.97 Å². The van der Waals surface area contributed by atoms with Crippen LogP contribution >= 0.6 is 11.6 Å². The molecule has 0 saturated carbocycles. The molecule has 0 amide bonds. The molecule has 1 atom stereocenters. The Hall–Kier alpha value is -2.51. The first-order valence-electron chi connectivity index (χ1n) is 6.66. The lowest BCUT2D eigenvalue weighted by atomic mass is 10.2. The monoisotopic (exact) mass is 315 g/mol. The average molecular weight is 316 g/mol. The van der Waals surface area contributed by atoms with Crippen LogP contribution in [-0.2, 0) is 16.1 Å². The Morgan fingerprint density at radius 2 is 2.00 bits per heavy atom. The summed E-state index contributed by atoms with van der Waals surface area (Å²) in [5.74, 6) is 0.0375. The second-order valence-electron chi connectivity index (χ2n) is 4.63. The second kappa shape index (κ2) is 7.48. The van der Waals surface area contributed by atoms with Gasteiger partial charge in [-0.25, -0.2) is 4.79 Å². The minimum Gasteiger partial charge on any atom is -0.479 e. The van der Waals surface area contributed by atoms with Crippen molar-refractivity contribution in [1.29, 1.82) is 5.26 Å². The van der Waals surface area contributed by atoms with E-state index in [2.05, 4.69) is 0 Å². The first kappa shape index (κ1) is 15.9. The number of esters is 1. The lowest BCUT2D eigenvalue weighted by Gasteiger charge is -2.14. The van der Waals surface area contributed by atoms with E-state index in [0.29, 0.717) is 16.3 Å². The number of halogens is 1. The van der Waals surface area contributed by atoms with E-state index in [0.717, 1.165) is 5.56 Å². The SMILES string of the molecule is C[C@H](Oc1ccc(C#N)cc1)C(=O)OCc1cccc(Cl)c1. The summed E-state index contributed by atoms with van der Waals surface area (Å²) in [6.07, 6.45) is -0.743. The van der Waals surface area contributed by atoms with Gasteiger partial charge in [-0.1, -0.05) is 23.7 Å². The second-order valence-corrected chi connectivity index (χ2v) is 5.07. The number of rotatable bonds is 5. The van der Waals surface area contributed by atoms with Gasteiger partial charge in [0.05, 0.1) is 11.6 Å². The highest BCUT2D eigenvalue weighted by molar-refractivity contribution is 6.30. The first-order chi connectivity index (χ1) is 10.6. The van der Waals surface area contributed by atoms with Gasteiger partial charge in [-0.2, -0.15) is 5.26 Å². The zero-order chi connectivity index (χ0) is 15.9. The summed E-state index contributed by atoms with van der Waals surface area (Å²) in [5.41, 5.74) is 1.34. The van der Waals surface area contributed by atoms with Gasteiger partial charge in [-0.05, 0) is 48.9 Å². The average Bonchev–Trinajstić information content (AvgIpc) is 2.53. The molecule has 4 nitrogen and oxygen atoms in total. The van der Waals surface area contributed by atoms with Crippen LogP contribution in [0.15, 0.2) is 48.5 Å². The highest BCUT2D eigenvalue weighted by Gasteiger charge is 2.16. The molecule has 0 heterocycles. The molecular weight excluding hydrogens is 302 g/mol. The van der Waals surface area contributed by atoms with Crippen molar-refractivity contribution >= 4 is 17.6 Å². The summed E-state index contributed by atoms with van der Waals surface area (Å²) in [7, 11) is 0. The van der Waals surface area contributed by atoms with Gasteiger partial charge < -0.3 is 9.47 Å². The molecule has 0 saturated heterocycles. The Bertz CT molecular complexity index is 692. The van der Waals surface area contributed by atoms with Crippen molar-refractivity contribution in [2.75, 3.05) is 0 Å². The van der Waals surface area contributed by atoms with Crippen molar-refractivity contribution in [3.05, 3.63) is 64.7 Å². The number of nitriles is 1. The lowest BCUT2D eigenvalue weighted by molar-refractivity contribution is -0.152. The third kappa shape index (κ3) is 4.51. The number of nitrogens with zero attached hydrogens (tertiary/aromatic N) is 1. The molecule has 2 aromatic carbocycles. The van der Waals surface area contributed by atoms with E-state index in [9.17, 15) is 4.79 Å². The molecule has 0 bridgehead atoms. The maximum atomic E-state index is 11.9. The topological polar surface area (TPSA) is 59.3 Å². The molecule has 0 aliphatic heterocycles. The van der Waals surface area contributed by atoms with Crippen LogP contribution in [0.3, 0.4) is 0 Å². The molecule has 0 unspecified atom stereocenters. The van der Waals surface area contributed by atoms with Crippen molar-refractivity contribution in [3.8, 4) is 11.8 Å². The third-order valence-electron chi connectivity index (χ3n) is 2.90. The molecule has 0 fully saturated rings. The van der Waals surface area contributed by atoms with Gasteiger partial charge in [-0.15, -0.1) is 0 Å². The summed E-state index contributed by atoms with van der Waals surface area (Å²) >= 11 is 5.87. The maximum Gasteiger partial charge on any atom is 0.347 e. The van der Waals surface area contributed by atoms with Crippen LogP contribution in [0.25, 0.3) is 0 Å². The Balaban J connectivity index is 1.87. The molecule has 2 aromatic rings. The minimum atomic E-state index is -0.743. The van der Waals surface area contributed by atoms with Crippen LogP contribution < -0.4 is 4.74 Å². The van der Waals surface area contributed by atoms with Crippen LogP contribution in [0.1, 0.15) is 18.1 Å². The first-order valence-corrected chi connectivity index (χ1v) is 7.04. The van der Waals surface area contributed by atoms with E-state index in [1.807, 2.05) is 12.1 Å². The molecule has 22 heavy (non-hydrogen) atoms. The molecule has 5 heteroatoms. The Labute approximate surface area is 133 Å². The van der Waals surface area contributed by atoms with Gasteiger partial charge in [0.25, 0.3) is 0 Å². The lowest BCUT2D eigenvalue weighted by Crippen LogP contribution is -2.26. The number of benzene rings is 2. The molecule has 0 aromatic heterocycles. The quantitative estimate of drug-likeness (QED) is 0.789. The van der Waals surface area contributed by atoms with Crippen molar-refractivity contribution in [1.82, 2.24) is 0 Å². The van der Waals surface area contributed by atoms with E-state index in [4.69, 9.17) is 26.3 Å². The van der Waals surface area contributed by atoms with Gasteiger partial charge in [-0.3, -0.25) is 0 Å². The van der Waals surface area contributed by atoms with Crippen molar-refractivity contribution in [2.24, 2.45) is 0 Å². The van der Waals surface area contributed by atoms with Gasteiger partial charge in [0.15, 0.2) is 6.10 Å². The Morgan fingerprint density at radius 1 is 1.27 bits per heavy atom. The number of hydrogen-bond acceptors (Lipinski definition) is 4. The largest absolute Gasteiger partial charge is 0.479 e. The van der Waals surface area contributed by atoms with Crippen molar-refractivity contribution in [3.63, 3.8) is 0 Å². The minimum absolute atomic E-state index is 0.139. The highest BCUT2D eigenvalue weighted by atomic mass is 35.5. The van der Waals surface area contributed by atoms with Gasteiger partial charge in [0, 0.05) is 5.02 Å². The molecule has 0 aliphatic rings. The summed E-state index contributed by atoms with van der Waals surface area (Å²) in [5, 5.41) is 9.31. The van der Waals surface area contributed by atoms with E-state index in [1.54, 1.807) is 49.4 Å². The summed E-state index contributed by atoms with van der Waals surface area (Å²) in [4.78, 5) is 11.9. The van der Waals surface area contributed by atoms with E-state index in [1.165, 1.54) is 0 Å². The summed E-state index contributed by atoms with van der Waals surface area (Å²) in [6.45, 7) is 1.75. The normalized spacial score (nSPS) is 11.3. The Kier molecular flexibility index (Phi) is 5.40. The zero-order valence-corrected chi connectivity index (χ0v) is 12.7. The van der Waals surface area contributed by atoms with Crippen LogP contribution in [0.5, 0.6) is 5.75 Å². The summed E-state index contributed by atoms with van der Waals surface area (Å²) < 4.78 is 10.7. The molecule has 0 aliphatic carbocycles. The van der Waals surface area contributed by atoms with E-state index >= 15 is 0 Å². The fourth-order valence-electron chi connectivity index (χ4n) is 1.76. The fraction of sp³-hybridized carbons (Fsp3) is 0.176. The van der Waals surface area contributed by atoms with Gasteiger partial charge in [0.2, 0.25) is 0 Å². The van der Waals surface area contributed by atoms with Crippen LogP contribution in [0, 0.1) is 11.3 Å². The maximum absolute atomic E-state index is 11.9. The highest BCUT2D eigenvalue weighted by Crippen LogP contribution is 2.15. The Morgan fingerprint density at radius 3 is 2.64 bits per heavy atom. The summed E-state index contributed by atoms with van der Waals surface area (Å²) in [6, 6.07) is 15.6. The molecule has 2 rings (SSSR count). The van der Waals surface area contributed by atoms with E-state index in [-0.39, 0.29) is 6.61 Å². The zero-order valence-electron chi connectivity index (χ0n) is 12.0. The van der Waals surface area contributed by atoms with E-state index < -0.39 is 12.1 Å². The number of ether oxygens (including phenoxy) is 2. The molecular formula is C17H14ClNO3. The molecule has 112 valence electrons. The third-order valence-corrected chi connectivity index (χ3v) is 3.13. The predicted octanol–water partition coefficient (Wildman–Crippen LogP) is 3.72. The molecule has 0 spiro atoms. The number of carbonyl (C=O) groups is 1. The van der Waals surface area contributed by atoms with Crippen LogP contribution in [-0.4, -0.2) is 12.1 Å². The smallest absolute Gasteiger partial charge is 0.347 e. The number of carbonyl (C=O) groups excluding carboxylic acids is 1. The molecule has 0 radical (unpaired) electrons. The predicted molar refractivity (Wildman–Crippen MR) is 82.5 cm³/mol. The van der Waals surface area contributed by atoms with Crippen LogP contribution in [0.4, 0.5) is 0 Å². The number of hydrogen-bond donors (Lipinski definition) is 0. The fourth-order valence-corrected chi connectivity index (χ4v) is 1.97. The standard InChI is InChI=1S/C17H14ClNO3/c1-12(22-16-7-5-13(10-19)6-8-16)17(20)21-11-14-3-2-4-15(18)9-14/h2-9,12H,11H2,1H3/t12-/m0/s1. The van der Waals surface area contributed by atoms with Crippen molar-refractivity contribution in [2.45, 2.75) is 19.6 Å². The van der Waals surface area contributed by atoms with Crippen molar-refractivity contribution < 1.29 is 14.3 Å². The van der Waals surface area contributed by atoms with Gasteiger partial charge in [0.1, 0.15) is 12.4 Å². The molecule has 0 N–H and O–H groups in total.